The van der Waals surface area contributed by atoms with Gasteiger partial charge in [0.2, 0.25) is 0 Å². The number of carbonyl (C=O) groups is 1. The Hall–Kier alpha value is -3.64. The summed E-state index contributed by atoms with van der Waals surface area (Å²) in [5, 5.41) is 11.5. The molecule has 2 bridgehead atoms. The molecule has 166 valence electrons. The zero-order chi connectivity index (χ0) is 22.5. The van der Waals surface area contributed by atoms with E-state index in [9.17, 15) is 14.7 Å². The normalized spacial score (nSPS) is 21.0. The van der Waals surface area contributed by atoms with Gasteiger partial charge in [-0.25, -0.2) is 0 Å². The summed E-state index contributed by atoms with van der Waals surface area (Å²) in [6, 6.07) is 22.5. The van der Waals surface area contributed by atoms with Gasteiger partial charge < -0.3 is 14.7 Å². The number of hydrogen-bond donors (Lipinski definition) is 2. The van der Waals surface area contributed by atoms with E-state index in [4.69, 9.17) is 0 Å². The zero-order valence-electron chi connectivity index (χ0n) is 18.1. The van der Waals surface area contributed by atoms with E-state index in [2.05, 4.69) is 9.88 Å². The molecule has 6 rings (SSSR count). The van der Waals surface area contributed by atoms with Gasteiger partial charge in [-0.15, -0.1) is 0 Å². The lowest BCUT2D eigenvalue weighted by Crippen LogP contribution is -2.49. The molecule has 1 saturated heterocycles. The molecular formula is C27H25N3O3. The third-order valence-electron chi connectivity index (χ3n) is 7.19. The number of aromatic amines is 1. The van der Waals surface area contributed by atoms with E-state index in [-0.39, 0.29) is 17.4 Å². The van der Waals surface area contributed by atoms with Crippen molar-refractivity contribution in [2.24, 2.45) is 5.92 Å². The van der Waals surface area contributed by atoms with Gasteiger partial charge in [-0.05, 0) is 30.0 Å². The Balaban J connectivity index is 1.48. The van der Waals surface area contributed by atoms with Gasteiger partial charge >= 0.3 is 5.97 Å². The third-order valence-corrected chi connectivity index (χ3v) is 7.19. The number of aliphatic carboxylic acids is 1. The van der Waals surface area contributed by atoms with Crippen molar-refractivity contribution in [1.82, 2.24) is 14.5 Å². The van der Waals surface area contributed by atoms with Crippen LogP contribution < -0.4 is 5.56 Å². The molecule has 0 spiro atoms. The van der Waals surface area contributed by atoms with E-state index in [1.807, 2.05) is 71.3 Å². The summed E-state index contributed by atoms with van der Waals surface area (Å²) in [5.41, 5.74) is 4.64. The predicted octanol–water partition coefficient (Wildman–Crippen LogP) is 4.24. The van der Waals surface area contributed by atoms with Crippen molar-refractivity contribution >= 4 is 16.9 Å². The number of carboxylic acids is 1. The van der Waals surface area contributed by atoms with Crippen molar-refractivity contribution in [2.45, 2.75) is 24.9 Å². The molecule has 0 unspecified atom stereocenters. The van der Waals surface area contributed by atoms with Crippen LogP contribution in [0.1, 0.15) is 29.6 Å². The number of aromatic nitrogens is 2. The Morgan fingerprint density at radius 3 is 2.55 bits per heavy atom. The van der Waals surface area contributed by atoms with Gasteiger partial charge in [0, 0.05) is 53.8 Å². The highest BCUT2D eigenvalue weighted by atomic mass is 16.4. The second-order valence-corrected chi connectivity index (χ2v) is 9.22. The van der Waals surface area contributed by atoms with Crippen LogP contribution in [0.2, 0.25) is 0 Å². The first-order chi connectivity index (χ1) is 16.1. The van der Waals surface area contributed by atoms with Crippen LogP contribution in [0.5, 0.6) is 0 Å². The maximum atomic E-state index is 12.8. The van der Waals surface area contributed by atoms with Crippen molar-refractivity contribution in [3.63, 3.8) is 0 Å². The smallest absolute Gasteiger partial charge is 0.325 e. The standard InChI is InChI=1S/C27H25N3O3/c31-23-12-6-11-22-19-13-17(15-30(22)23)14-29(16-19)26(27(32)33)24-20-9-4-5-10-21(20)28-25(24)18-7-2-1-3-8-18/h1-12,17,19,26,28H,13-16H2,(H,32,33)/t17-,19-,26+/m0/s1. The van der Waals surface area contributed by atoms with Gasteiger partial charge in [0.1, 0.15) is 6.04 Å². The number of piperidine rings is 1. The quantitative estimate of drug-likeness (QED) is 0.499. The average Bonchev–Trinajstić information content (AvgIpc) is 3.20. The summed E-state index contributed by atoms with van der Waals surface area (Å²) in [5.74, 6) is -0.440. The van der Waals surface area contributed by atoms with Crippen molar-refractivity contribution in [3.05, 3.63) is 94.4 Å². The molecule has 0 saturated carbocycles. The summed E-state index contributed by atoms with van der Waals surface area (Å²) < 4.78 is 1.88. The fraction of sp³-hybridized carbons (Fsp3) is 0.259. The molecule has 6 nitrogen and oxygen atoms in total. The summed E-state index contributed by atoms with van der Waals surface area (Å²) in [6.07, 6.45) is 0.992. The lowest BCUT2D eigenvalue weighted by Gasteiger charge is -2.44. The molecule has 2 aliphatic heterocycles. The number of likely N-dealkylation sites (tertiary alicyclic amines) is 1. The minimum Gasteiger partial charge on any atom is -0.480 e. The maximum Gasteiger partial charge on any atom is 0.325 e. The van der Waals surface area contributed by atoms with Crippen molar-refractivity contribution < 1.29 is 9.90 Å². The monoisotopic (exact) mass is 439 g/mol. The summed E-state index contributed by atoms with van der Waals surface area (Å²) in [4.78, 5) is 30.8. The molecule has 1 fully saturated rings. The molecule has 2 aromatic carbocycles. The number of rotatable bonds is 4. The molecule has 4 heterocycles. The number of carboxylic acid groups (broad SMARTS) is 1. The van der Waals surface area contributed by atoms with Gasteiger partial charge in [-0.1, -0.05) is 54.6 Å². The molecule has 4 aromatic rings. The van der Waals surface area contributed by atoms with E-state index in [0.717, 1.165) is 39.8 Å². The highest BCUT2D eigenvalue weighted by Gasteiger charge is 2.41. The van der Waals surface area contributed by atoms with Gasteiger partial charge in [-0.3, -0.25) is 14.5 Å². The Kier molecular flexibility index (Phi) is 4.69. The number of nitrogens with zero attached hydrogens (tertiary/aromatic N) is 2. The molecule has 2 N–H and O–H groups in total. The summed E-state index contributed by atoms with van der Waals surface area (Å²) in [7, 11) is 0. The Morgan fingerprint density at radius 2 is 1.73 bits per heavy atom. The first kappa shape index (κ1) is 20.0. The van der Waals surface area contributed by atoms with Crippen LogP contribution in [0.4, 0.5) is 0 Å². The largest absolute Gasteiger partial charge is 0.480 e. The van der Waals surface area contributed by atoms with Gasteiger partial charge in [0.05, 0.1) is 5.69 Å². The topological polar surface area (TPSA) is 78.3 Å². The van der Waals surface area contributed by atoms with Crippen molar-refractivity contribution in [3.8, 4) is 11.3 Å². The number of nitrogens with one attached hydrogen (secondary N) is 1. The SMILES string of the molecule is O=C(O)[C@@H](c1c(-c2ccccc2)[nH]c2ccccc12)N1C[C@@H]2C[C@@H](C1)c1cccc(=O)n1C2. The van der Waals surface area contributed by atoms with Crippen LogP contribution in [0, 0.1) is 5.92 Å². The number of pyridine rings is 1. The number of H-pyrrole nitrogens is 1. The fourth-order valence-electron chi connectivity index (χ4n) is 5.89. The van der Waals surface area contributed by atoms with Crippen LogP contribution in [0.15, 0.2) is 77.6 Å². The first-order valence-corrected chi connectivity index (χ1v) is 11.4. The Bertz CT molecular complexity index is 1410. The highest BCUT2D eigenvalue weighted by Crippen LogP contribution is 2.42. The maximum absolute atomic E-state index is 12.8. The van der Waals surface area contributed by atoms with Crippen molar-refractivity contribution in [1.29, 1.82) is 0 Å². The number of hydrogen-bond acceptors (Lipinski definition) is 3. The second-order valence-electron chi connectivity index (χ2n) is 9.22. The summed E-state index contributed by atoms with van der Waals surface area (Å²) in [6.45, 7) is 1.92. The molecule has 33 heavy (non-hydrogen) atoms. The van der Waals surface area contributed by atoms with Crippen LogP contribution in [-0.2, 0) is 11.3 Å². The Morgan fingerprint density at radius 1 is 0.939 bits per heavy atom. The minimum atomic E-state index is -0.845. The van der Waals surface area contributed by atoms with E-state index in [1.54, 1.807) is 6.07 Å². The zero-order valence-corrected chi connectivity index (χ0v) is 18.1. The molecule has 3 atom stereocenters. The van der Waals surface area contributed by atoms with E-state index < -0.39 is 12.0 Å². The summed E-state index contributed by atoms with van der Waals surface area (Å²) >= 11 is 0. The third kappa shape index (κ3) is 3.29. The molecule has 6 heteroatoms. The molecule has 2 aromatic heterocycles. The number of fused-ring (bicyclic) bond motifs is 5. The van der Waals surface area contributed by atoms with Crippen LogP contribution in [0.3, 0.4) is 0 Å². The van der Waals surface area contributed by atoms with Gasteiger partial charge in [-0.2, -0.15) is 0 Å². The molecule has 0 aliphatic carbocycles. The average molecular weight is 440 g/mol. The lowest BCUT2D eigenvalue weighted by atomic mass is 9.81. The molecule has 0 amide bonds. The highest BCUT2D eigenvalue weighted by molar-refractivity contribution is 5.95. The Labute approximate surface area is 191 Å². The van der Waals surface area contributed by atoms with Crippen LogP contribution >= 0.6 is 0 Å². The minimum absolute atomic E-state index is 0.0356. The van der Waals surface area contributed by atoms with Crippen molar-refractivity contribution in [2.75, 3.05) is 13.1 Å². The molecule has 0 radical (unpaired) electrons. The van der Waals surface area contributed by atoms with Crippen LogP contribution in [0.25, 0.3) is 22.2 Å². The van der Waals surface area contributed by atoms with E-state index in [0.29, 0.717) is 19.6 Å². The van der Waals surface area contributed by atoms with Gasteiger partial charge in [0.25, 0.3) is 5.56 Å². The molecular weight excluding hydrogens is 414 g/mol. The second kappa shape index (κ2) is 7.74. The van der Waals surface area contributed by atoms with Crippen LogP contribution in [-0.4, -0.2) is 38.6 Å². The number of para-hydroxylation sites is 1. The molecule has 2 aliphatic rings. The van der Waals surface area contributed by atoms with Gasteiger partial charge in [0.15, 0.2) is 0 Å². The van der Waals surface area contributed by atoms with E-state index in [1.165, 1.54) is 0 Å². The predicted molar refractivity (Wildman–Crippen MR) is 127 cm³/mol. The fourth-order valence-corrected chi connectivity index (χ4v) is 5.89. The number of benzene rings is 2. The lowest BCUT2D eigenvalue weighted by molar-refractivity contribution is -0.144. The first-order valence-electron chi connectivity index (χ1n) is 11.4. The van der Waals surface area contributed by atoms with E-state index >= 15 is 0 Å².